The number of nitrogens with two attached hydrogens (primary N) is 1. The summed E-state index contributed by atoms with van der Waals surface area (Å²) < 4.78 is 1.66. The molecule has 0 atom stereocenters. The van der Waals surface area contributed by atoms with Crippen molar-refractivity contribution in [3.05, 3.63) is 35.3 Å². The zero-order chi connectivity index (χ0) is 14.0. The van der Waals surface area contributed by atoms with E-state index < -0.39 is 0 Å². The van der Waals surface area contributed by atoms with Gasteiger partial charge in [0.05, 0.1) is 17.6 Å². The Hall–Kier alpha value is -2.37. The molecule has 6 heteroatoms. The van der Waals surface area contributed by atoms with Crippen molar-refractivity contribution in [2.75, 3.05) is 11.1 Å². The van der Waals surface area contributed by atoms with Crippen LogP contribution >= 0.6 is 0 Å². The van der Waals surface area contributed by atoms with Crippen LogP contribution in [0.5, 0.6) is 0 Å². The lowest BCUT2D eigenvalue weighted by atomic mass is 10.2. The number of aromatic nitrogens is 3. The highest BCUT2D eigenvalue weighted by Gasteiger charge is 2.13. The second-order valence-corrected chi connectivity index (χ2v) is 4.37. The molecule has 2 aromatic heterocycles. The number of anilines is 2. The van der Waals surface area contributed by atoms with Crippen molar-refractivity contribution < 1.29 is 4.79 Å². The lowest BCUT2D eigenvalue weighted by Crippen LogP contribution is -2.18. The van der Waals surface area contributed by atoms with Crippen LogP contribution in [0.3, 0.4) is 0 Å². The molecule has 0 radical (unpaired) electrons. The van der Waals surface area contributed by atoms with Crippen LogP contribution in [0.1, 0.15) is 28.7 Å². The van der Waals surface area contributed by atoms with Gasteiger partial charge in [-0.15, -0.1) is 0 Å². The number of nitrogens with one attached hydrogen (secondary N) is 1. The SMILES string of the molecule is CCn1nc(C)cc1C(=O)Nc1cc(C)c(N)cn1. The minimum absolute atomic E-state index is 0.223. The molecule has 6 nitrogen and oxygen atoms in total. The molecule has 0 aliphatic rings. The number of pyridine rings is 1. The van der Waals surface area contributed by atoms with Gasteiger partial charge in [-0.1, -0.05) is 0 Å². The van der Waals surface area contributed by atoms with Gasteiger partial charge in [0, 0.05) is 6.54 Å². The fraction of sp³-hybridized carbons (Fsp3) is 0.308. The van der Waals surface area contributed by atoms with Crippen molar-refractivity contribution in [1.29, 1.82) is 0 Å². The topological polar surface area (TPSA) is 85.8 Å². The standard InChI is InChI=1S/C13H17N5O/c1-4-18-11(6-9(3)17-18)13(19)16-12-5-8(2)10(14)7-15-12/h5-7H,4,14H2,1-3H3,(H,15,16,19). The maximum absolute atomic E-state index is 12.2. The largest absolute Gasteiger partial charge is 0.397 e. The molecule has 0 spiro atoms. The number of aryl methyl sites for hydroxylation is 3. The van der Waals surface area contributed by atoms with Crippen LogP contribution in [0.15, 0.2) is 18.3 Å². The van der Waals surface area contributed by atoms with E-state index in [0.29, 0.717) is 23.7 Å². The number of carbonyl (C=O) groups excluding carboxylic acids is 1. The second-order valence-electron chi connectivity index (χ2n) is 4.37. The average Bonchev–Trinajstić information content (AvgIpc) is 2.75. The normalized spacial score (nSPS) is 10.5. The summed E-state index contributed by atoms with van der Waals surface area (Å²) in [5, 5.41) is 6.99. The molecule has 0 aliphatic carbocycles. The molecule has 0 saturated heterocycles. The first-order valence-corrected chi connectivity index (χ1v) is 6.09. The van der Waals surface area contributed by atoms with Crippen LogP contribution in [0, 0.1) is 13.8 Å². The molecule has 2 aromatic rings. The summed E-state index contributed by atoms with van der Waals surface area (Å²) in [6, 6.07) is 3.50. The molecule has 0 aliphatic heterocycles. The van der Waals surface area contributed by atoms with Crippen LogP contribution in [0.25, 0.3) is 0 Å². The van der Waals surface area contributed by atoms with Crippen molar-refractivity contribution in [1.82, 2.24) is 14.8 Å². The van der Waals surface area contributed by atoms with Crippen molar-refractivity contribution in [2.45, 2.75) is 27.3 Å². The lowest BCUT2D eigenvalue weighted by Gasteiger charge is -2.07. The van der Waals surface area contributed by atoms with E-state index in [-0.39, 0.29) is 5.91 Å². The minimum atomic E-state index is -0.223. The summed E-state index contributed by atoms with van der Waals surface area (Å²) in [5.41, 5.74) is 8.51. The van der Waals surface area contributed by atoms with E-state index >= 15 is 0 Å². The van der Waals surface area contributed by atoms with E-state index in [9.17, 15) is 4.79 Å². The fourth-order valence-corrected chi connectivity index (χ4v) is 1.78. The summed E-state index contributed by atoms with van der Waals surface area (Å²) in [6.45, 7) is 6.31. The van der Waals surface area contributed by atoms with E-state index in [1.807, 2.05) is 20.8 Å². The number of rotatable bonds is 3. The molecule has 0 bridgehead atoms. The van der Waals surface area contributed by atoms with Gasteiger partial charge in [0.25, 0.3) is 5.91 Å². The Morgan fingerprint density at radius 1 is 1.42 bits per heavy atom. The van der Waals surface area contributed by atoms with Crippen molar-refractivity contribution in [3.8, 4) is 0 Å². The Kier molecular flexibility index (Phi) is 3.50. The van der Waals surface area contributed by atoms with Gasteiger partial charge < -0.3 is 11.1 Å². The molecule has 0 unspecified atom stereocenters. The average molecular weight is 259 g/mol. The predicted molar refractivity (Wildman–Crippen MR) is 74.0 cm³/mol. The van der Waals surface area contributed by atoms with Gasteiger partial charge in [-0.05, 0) is 38.5 Å². The molecular formula is C13H17N5O. The predicted octanol–water partition coefficient (Wildman–Crippen LogP) is 1.75. The van der Waals surface area contributed by atoms with Crippen LogP contribution in [0.2, 0.25) is 0 Å². The zero-order valence-corrected chi connectivity index (χ0v) is 11.3. The number of nitrogens with zero attached hydrogens (tertiary/aromatic N) is 3. The van der Waals surface area contributed by atoms with Crippen LogP contribution in [0.4, 0.5) is 11.5 Å². The number of hydrogen-bond acceptors (Lipinski definition) is 4. The lowest BCUT2D eigenvalue weighted by molar-refractivity contribution is 0.101. The number of amides is 1. The Balaban J connectivity index is 2.22. The van der Waals surface area contributed by atoms with Crippen molar-refractivity contribution in [3.63, 3.8) is 0 Å². The quantitative estimate of drug-likeness (QED) is 0.879. The van der Waals surface area contributed by atoms with Gasteiger partial charge in [-0.25, -0.2) is 4.98 Å². The van der Waals surface area contributed by atoms with E-state index in [4.69, 9.17) is 5.73 Å². The summed E-state index contributed by atoms with van der Waals surface area (Å²) in [4.78, 5) is 16.2. The van der Waals surface area contributed by atoms with Gasteiger partial charge >= 0.3 is 0 Å². The monoisotopic (exact) mass is 259 g/mol. The fourth-order valence-electron chi connectivity index (χ4n) is 1.78. The van der Waals surface area contributed by atoms with E-state index in [1.165, 1.54) is 6.20 Å². The van der Waals surface area contributed by atoms with Gasteiger partial charge in [-0.2, -0.15) is 5.10 Å². The number of hydrogen-bond donors (Lipinski definition) is 2. The van der Waals surface area contributed by atoms with Gasteiger partial charge in [0.1, 0.15) is 11.5 Å². The van der Waals surface area contributed by atoms with E-state index in [1.54, 1.807) is 16.8 Å². The zero-order valence-electron chi connectivity index (χ0n) is 11.3. The molecule has 19 heavy (non-hydrogen) atoms. The summed E-state index contributed by atoms with van der Waals surface area (Å²) in [6.07, 6.45) is 1.54. The maximum Gasteiger partial charge on any atom is 0.275 e. The van der Waals surface area contributed by atoms with Crippen LogP contribution in [-0.4, -0.2) is 20.7 Å². The Labute approximate surface area is 111 Å². The smallest absolute Gasteiger partial charge is 0.275 e. The molecule has 2 heterocycles. The first-order chi connectivity index (χ1) is 9.01. The van der Waals surface area contributed by atoms with E-state index in [0.717, 1.165) is 11.3 Å². The summed E-state index contributed by atoms with van der Waals surface area (Å²) >= 11 is 0. The van der Waals surface area contributed by atoms with E-state index in [2.05, 4.69) is 15.4 Å². The summed E-state index contributed by atoms with van der Waals surface area (Å²) in [5.74, 6) is 0.261. The van der Waals surface area contributed by atoms with Gasteiger partial charge in [0.2, 0.25) is 0 Å². The molecular weight excluding hydrogens is 242 g/mol. The first-order valence-electron chi connectivity index (χ1n) is 6.09. The molecule has 0 fully saturated rings. The number of nitrogen functional groups attached to an aromatic ring is 1. The molecule has 2 rings (SSSR count). The Morgan fingerprint density at radius 2 is 2.16 bits per heavy atom. The highest BCUT2D eigenvalue weighted by Crippen LogP contribution is 2.14. The van der Waals surface area contributed by atoms with Crippen LogP contribution in [-0.2, 0) is 6.54 Å². The molecule has 0 saturated carbocycles. The van der Waals surface area contributed by atoms with Gasteiger partial charge in [0.15, 0.2) is 0 Å². The Morgan fingerprint density at radius 3 is 2.79 bits per heavy atom. The number of carbonyl (C=O) groups is 1. The minimum Gasteiger partial charge on any atom is -0.397 e. The molecule has 0 aromatic carbocycles. The Bertz CT molecular complexity index is 617. The molecule has 1 amide bonds. The van der Waals surface area contributed by atoms with Crippen molar-refractivity contribution in [2.24, 2.45) is 0 Å². The summed E-state index contributed by atoms with van der Waals surface area (Å²) in [7, 11) is 0. The third-order valence-corrected chi connectivity index (χ3v) is 2.83. The maximum atomic E-state index is 12.2. The molecule has 3 N–H and O–H groups in total. The highest BCUT2D eigenvalue weighted by molar-refractivity contribution is 6.02. The second kappa shape index (κ2) is 5.09. The third kappa shape index (κ3) is 2.73. The van der Waals surface area contributed by atoms with Gasteiger partial charge in [-0.3, -0.25) is 9.48 Å². The highest BCUT2D eigenvalue weighted by atomic mass is 16.2. The third-order valence-electron chi connectivity index (χ3n) is 2.83. The van der Waals surface area contributed by atoms with Crippen molar-refractivity contribution >= 4 is 17.4 Å². The molecule has 100 valence electrons. The van der Waals surface area contributed by atoms with Crippen LogP contribution < -0.4 is 11.1 Å². The first kappa shape index (κ1) is 13.1.